The fourth-order valence-electron chi connectivity index (χ4n) is 1.40. The number of aromatic nitrogens is 2. The van der Waals surface area contributed by atoms with E-state index in [-0.39, 0.29) is 11.6 Å². The molecule has 0 spiro atoms. The molecule has 0 fully saturated rings. The van der Waals surface area contributed by atoms with Gasteiger partial charge in [-0.15, -0.1) is 0 Å². The van der Waals surface area contributed by atoms with E-state index in [4.69, 9.17) is 5.11 Å². The lowest BCUT2D eigenvalue weighted by atomic mass is 10.0. The number of carboxylic acids is 1. The Kier molecular flexibility index (Phi) is 4.59. The van der Waals surface area contributed by atoms with E-state index in [1.165, 1.54) is 6.07 Å². The van der Waals surface area contributed by atoms with E-state index in [2.05, 4.69) is 15.5 Å². The standard InChI is InChI=1S/C11H15N3O4/c1-6(2)5-8(11(17)18)12-10(16)7-3-4-9(15)14-13-7/h3-4,6,8H,5H2,1-2H3,(H,12,16)(H,14,15)(H,17,18). The summed E-state index contributed by atoms with van der Waals surface area (Å²) in [6.45, 7) is 3.72. The van der Waals surface area contributed by atoms with Crippen molar-refractivity contribution in [2.45, 2.75) is 26.3 Å². The molecule has 0 radical (unpaired) electrons. The number of nitrogens with one attached hydrogen (secondary N) is 2. The number of nitrogens with zero attached hydrogens (tertiary/aromatic N) is 1. The van der Waals surface area contributed by atoms with Gasteiger partial charge in [0.15, 0.2) is 0 Å². The first kappa shape index (κ1) is 13.9. The number of carbonyl (C=O) groups is 2. The molecule has 0 aliphatic rings. The van der Waals surface area contributed by atoms with Crippen LogP contribution >= 0.6 is 0 Å². The largest absolute Gasteiger partial charge is 0.480 e. The lowest BCUT2D eigenvalue weighted by Crippen LogP contribution is -2.42. The van der Waals surface area contributed by atoms with Crippen LogP contribution in [0.4, 0.5) is 0 Å². The SMILES string of the molecule is CC(C)CC(NC(=O)c1ccc(=O)[nH]n1)C(=O)O. The van der Waals surface area contributed by atoms with Crippen LogP contribution in [0.2, 0.25) is 0 Å². The maximum Gasteiger partial charge on any atom is 0.326 e. The number of aromatic amines is 1. The van der Waals surface area contributed by atoms with E-state index < -0.39 is 23.5 Å². The van der Waals surface area contributed by atoms with E-state index in [0.29, 0.717) is 6.42 Å². The highest BCUT2D eigenvalue weighted by Gasteiger charge is 2.22. The van der Waals surface area contributed by atoms with Crippen LogP contribution in [0.3, 0.4) is 0 Å². The van der Waals surface area contributed by atoms with Crippen LogP contribution in [-0.4, -0.2) is 33.2 Å². The average molecular weight is 253 g/mol. The van der Waals surface area contributed by atoms with Gasteiger partial charge in [-0.25, -0.2) is 9.89 Å². The van der Waals surface area contributed by atoms with Crippen molar-refractivity contribution in [2.24, 2.45) is 5.92 Å². The van der Waals surface area contributed by atoms with E-state index >= 15 is 0 Å². The highest BCUT2D eigenvalue weighted by molar-refractivity contribution is 5.94. The van der Waals surface area contributed by atoms with Crippen LogP contribution < -0.4 is 10.9 Å². The van der Waals surface area contributed by atoms with E-state index in [9.17, 15) is 14.4 Å². The number of carboxylic acid groups (broad SMARTS) is 1. The minimum absolute atomic E-state index is 0.0235. The molecule has 0 aliphatic heterocycles. The molecule has 1 aromatic heterocycles. The molecular formula is C11H15N3O4. The normalized spacial score (nSPS) is 12.2. The van der Waals surface area contributed by atoms with Gasteiger partial charge in [0, 0.05) is 6.07 Å². The number of carbonyl (C=O) groups excluding carboxylic acids is 1. The molecule has 0 aliphatic carbocycles. The Morgan fingerprint density at radius 1 is 1.44 bits per heavy atom. The summed E-state index contributed by atoms with van der Waals surface area (Å²) < 4.78 is 0. The first-order valence-electron chi connectivity index (χ1n) is 5.49. The fourth-order valence-corrected chi connectivity index (χ4v) is 1.40. The number of H-pyrrole nitrogens is 1. The molecule has 98 valence electrons. The minimum Gasteiger partial charge on any atom is -0.480 e. The zero-order chi connectivity index (χ0) is 13.7. The van der Waals surface area contributed by atoms with Crippen molar-refractivity contribution in [1.82, 2.24) is 15.5 Å². The number of rotatable bonds is 5. The highest BCUT2D eigenvalue weighted by Crippen LogP contribution is 2.05. The number of hydrogen-bond donors (Lipinski definition) is 3. The van der Waals surface area contributed by atoms with Crippen LogP contribution in [0.15, 0.2) is 16.9 Å². The molecule has 3 N–H and O–H groups in total. The first-order valence-corrected chi connectivity index (χ1v) is 5.49. The highest BCUT2D eigenvalue weighted by atomic mass is 16.4. The molecule has 1 aromatic rings. The third-order valence-corrected chi connectivity index (χ3v) is 2.22. The zero-order valence-electron chi connectivity index (χ0n) is 10.1. The number of hydrogen-bond acceptors (Lipinski definition) is 4. The molecule has 1 unspecified atom stereocenters. The minimum atomic E-state index is -1.10. The molecular weight excluding hydrogens is 238 g/mol. The second-order valence-corrected chi connectivity index (χ2v) is 4.30. The van der Waals surface area contributed by atoms with E-state index in [1.807, 2.05) is 13.8 Å². The van der Waals surface area contributed by atoms with Crippen molar-refractivity contribution in [1.29, 1.82) is 0 Å². The molecule has 0 bridgehead atoms. The Balaban J connectivity index is 2.75. The van der Waals surface area contributed by atoms with Gasteiger partial charge in [0.25, 0.3) is 11.5 Å². The van der Waals surface area contributed by atoms with Crippen molar-refractivity contribution in [2.75, 3.05) is 0 Å². The van der Waals surface area contributed by atoms with Crippen LogP contribution in [0.1, 0.15) is 30.8 Å². The lowest BCUT2D eigenvalue weighted by molar-refractivity contribution is -0.139. The molecule has 0 aromatic carbocycles. The number of aliphatic carboxylic acids is 1. The Morgan fingerprint density at radius 2 is 2.11 bits per heavy atom. The van der Waals surface area contributed by atoms with Gasteiger partial charge in [0.2, 0.25) is 0 Å². The van der Waals surface area contributed by atoms with Crippen LogP contribution in [0.25, 0.3) is 0 Å². The van der Waals surface area contributed by atoms with Gasteiger partial charge < -0.3 is 10.4 Å². The molecule has 7 heteroatoms. The van der Waals surface area contributed by atoms with Gasteiger partial charge in [-0.05, 0) is 18.4 Å². The summed E-state index contributed by atoms with van der Waals surface area (Å²) in [5.41, 5.74) is -0.451. The third-order valence-electron chi connectivity index (χ3n) is 2.22. The van der Waals surface area contributed by atoms with Gasteiger partial charge in [-0.3, -0.25) is 9.59 Å². The zero-order valence-corrected chi connectivity index (χ0v) is 10.1. The molecule has 1 atom stereocenters. The maximum absolute atomic E-state index is 11.7. The molecule has 0 saturated carbocycles. The van der Waals surface area contributed by atoms with Crippen LogP contribution in [0, 0.1) is 5.92 Å². The second kappa shape index (κ2) is 5.95. The Labute approximate surface area is 103 Å². The van der Waals surface area contributed by atoms with Gasteiger partial charge >= 0.3 is 5.97 Å². The van der Waals surface area contributed by atoms with Gasteiger partial charge in [0.05, 0.1) is 0 Å². The first-order chi connectivity index (χ1) is 8.40. The fraction of sp³-hybridized carbons (Fsp3) is 0.455. The monoisotopic (exact) mass is 253 g/mol. The predicted molar refractivity (Wildman–Crippen MR) is 63.2 cm³/mol. The van der Waals surface area contributed by atoms with Crippen LogP contribution in [-0.2, 0) is 4.79 Å². The Hall–Kier alpha value is -2.18. The second-order valence-electron chi connectivity index (χ2n) is 4.30. The average Bonchev–Trinajstić information content (AvgIpc) is 2.28. The van der Waals surface area contributed by atoms with Crippen molar-refractivity contribution >= 4 is 11.9 Å². The summed E-state index contributed by atoms with van der Waals surface area (Å²) >= 11 is 0. The van der Waals surface area contributed by atoms with Crippen LogP contribution in [0.5, 0.6) is 0 Å². The van der Waals surface area contributed by atoms with Crippen molar-refractivity contribution in [3.63, 3.8) is 0 Å². The van der Waals surface area contributed by atoms with Gasteiger partial charge in [-0.1, -0.05) is 13.8 Å². The molecule has 7 nitrogen and oxygen atoms in total. The summed E-state index contributed by atoms with van der Waals surface area (Å²) in [5.74, 6) is -1.59. The number of amides is 1. The quantitative estimate of drug-likeness (QED) is 0.683. The van der Waals surface area contributed by atoms with E-state index in [0.717, 1.165) is 6.07 Å². The predicted octanol–water partition coefficient (Wildman–Crippen LogP) is -0.00100. The molecule has 0 saturated heterocycles. The summed E-state index contributed by atoms with van der Waals surface area (Å²) in [6, 6.07) is 1.42. The Bertz CT molecular complexity index is 475. The maximum atomic E-state index is 11.7. The lowest BCUT2D eigenvalue weighted by Gasteiger charge is -2.15. The third kappa shape index (κ3) is 4.00. The van der Waals surface area contributed by atoms with Crippen molar-refractivity contribution in [3.8, 4) is 0 Å². The topological polar surface area (TPSA) is 112 Å². The van der Waals surface area contributed by atoms with Gasteiger partial charge in [0.1, 0.15) is 11.7 Å². The molecule has 1 heterocycles. The molecule has 1 amide bonds. The smallest absolute Gasteiger partial charge is 0.326 e. The molecule has 1 rings (SSSR count). The Morgan fingerprint density at radius 3 is 2.56 bits per heavy atom. The van der Waals surface area contributed by atoms with Gasteiger partial charge in [-0.2, -0.15) is 5.10 Å². The van der Waals surface area contributed by atoms with E-state index in [1.54, 1.807) is 0 Å². The van der Waals surface area contributed by atoms with Crippen molar-refractivity contribution < 1.29 is 14.7 Å². The summed E-state index contributed by atoms with van der Waals surface area (Å²) in [7, 11) is 0. The van der Waals surface area contributed by atoms with Crippen molar-refractivity contribution in [3.05, 3.63) is 28.2 Å². The molecule has 18 heavy (non-hydrogen) atoms. The summed E-state index contributed by atoms with van der Waals surface area (Å²) in [4.78, 5) is 33.4. The summed E-state index contributed by atoms with van der Waals surface area (Å²) in [6.07, 6.45) is 0.324. The summed E-state index contributed by atoms with van der Waals surface area (Å²) in [5, 5.41) is 17.0.